The van der Waals surface area contributed by atoms with Gasteiger partial charge in [-0.2, -0.15) is 0 Å². The highest BCUT2D eigenvalue weighted by molar-refractivity contribution is 5.89. The van der Waals surface area contributed by atoms with Gasteiger partial charge in [0, 0.05) is 44.6 Å². The molecule has 3 rings (SSSR count). The highest BCUT2D eigenvalue weighted by Crippen LogP contribution is 2.12. The Morgan fingerprint density at radius 1 is 1.13 bits per heavy atom. The number of amides is 2. The van der Waals surface area contributed by atoms with Crippen LogP contribution in [0.25, 0.3) is 0 Å². The van der Waals surface area contributed by atoms with Crippen LogP contribution in [0.3, 0.4) is 0 Å². The van der Waals surface area contributed by atoms with Crippen molar-refractivity contribution in [2.45, 2.75) is 6.54 Å². The van der Waals surface area contributed by atoms with Gasteiger partial charge in [0.2, 0.25) is 0 Å². The lowest BCUT2D eigenvalue weighted by atomic mass is 10.2. The Kier molecular flexibility index (Phi) is 4.83. The van der Waals surface area contributed by atoms with Crippen molar-refractivity contribution in [3.63, 3.8) is 0 Å². The Balaban J connectivity index is 1.49. The summed E-state index contributed by atoms with van der Waals surface area (Å²) in [6.07, 6.45) is 1.79. The molecular weight excluding hydrogens is 295 g/mol. The number of rotatable bonds is 3. The third-order valence-corrected chi connectivity index (χ3v) is 3.85. The molecule has 2 aromatic rings. The minimum Gasteiger partial charge on any atom is -0.322 e. The molecule has 0 saturated carbocycles. The van der Waals surface area contributed by atoms with Crippen LogP contribution in [-0.2, 0) is 6.54 Å². The molecule has 1 aromatic heterocycles. The van der Waals surface area contributed by atoms with Gasteiger partial charge < -0.3 is 10.2 Å². The minimum absolute atomic E-state index is 0.187. The number of nitrogens with one attached hydrogen (secondary N) is 1. The topological polar surface area (TPSA) is 48.5 Å². The van der Waals surface area contributed by atoms with Gasteiger partial charge in [-0.25, -0.2) is 9.18 Å². The number of nitrogens with zero attached hydrogens (tertiary/aromatic N) is 3. The zero-order valence-electron chi connectivity index (χ0n) is 12.8. The second-order valence-corrected chi connectivity index (χ2v) is 5.52. The van der Waals surface area contributed by atoms with Gasteiger partial charge >= 0.3 is 6.03 Å². The second kappa shape index (κ2) is 7.19. The molecule has 2 amide bonds. The minimum atomic E-state index is -0.358. The highest BCUT2D eigenvalue weighted by atomic mass is 19.1. The summed E-state index contributed by atoms with van der Waals surface area (Å²) in [6.45, 7) is 3.68. The van der Waals surface area contributed by atoms with Crippen LogP contribution < -0.4 is 5.32 Å². The largest absolute Gasteiger partial charge is 0.322 e. The van der Waals surface area contributed by atoms with Crippen molar-refractivity contribution < 1.29 is 9.18 Å². The first-order valence-electron chi connectivity index (χ1n) is 7.64. The van der Waals surface area contributed by atoms with E-state index in [2.05, 4.69) is 15.2 Å². The van der Waals surface area contributed by atoms with Gasteiger partial charge in [0.15, 0.2) is 0 Å². The van der Waals surface area contributed by atoms with Crippen molar-refractivity contribution in [1.82, 2.24) is 14.8 Å². The third kappa shape index (κ3) is 4.26. The molecule has 2 heterocycles. The summed E-state index contributed by atoms with van der Waals surface area (Å²) in [5.41, 5.74) is 1.51. The first-order valence-corrected chi connectivity index (χ1v) is 7.64. The van der Waals surface area contributed by atoms with E-state index in [9.17, 15) is 9.18 Å². The fraction of sp³-hybridized carbons (Fsp3) is 0.294. The Morgan fingerprint density at radius 3 is 2.65 bits per heavy atom. The standard InChI is InChI=1S/C17H19FN4O/c18-14-4-3-6-15(12-14)20-17(23)22-10-8-21(9-11-22)13-16-5-1-2-7-19-16/h1-7,12H,8-11,13H2,(H,20,23). The molecule has 1 fully saturated rings. The predicted octanol–water partition coefficient (Wildman–Crippen LogP) is 2.57. The van der Waals surface area contributed by atoms with E-state index in [0.29, 0.717) is 18.8 Å². The highest BCUT2D eigenvalue weighted by Gasteiger charge is 2.21. The number of carbonyl (C=O) groups excluding carboxylic acids is 1. The predicted molar refractivity (Wildman–Crippen MR) is 86.5 cm³/mol. The van der Waals surface area contributed by atoms with E-state index in [0.717, 1.165) is 25.3 Å². The Morgan fingerprint density at radius 2 is 1.96 bits per heavy atom. The van der Waals surface area contributed by atoms with Crippen molar-refractivity contribution >= 4 is 11.7 Å². The molecule has 0 radical (unpaired) electrons. The molecule has 5 nitrogen and oxygen atoms in total. The number of benzene rings is 1. The number of urea groups is 1. The van der Waals surface area contributed by atoms with Gasteiger partial charge in [-0.1, -0.05) is 12.1 Å². The molecular formula is C17H19FN4O. The van der Waals surface area contributed by atoms with Crippen LogP contribution in [0.1, 0.15) is 5.69 Å². The normalized spacial score (nSPS) is 15.4. The summed E-state index contributed by atoms with van der Waals surface area (Å²) in [5, 5.41) is 2.73. The molecule has 1 N–H and O–H groups in total. The third-order valence-electron chi connectivity index (χ3n) is 3.85. The molecule has 0 bridgehead atoms. The summed E-state index contributed by atoms with van der Waals surface area (Å²) in [7, 11) is 0. The van der Waals surface area contributed by atoms with Crippen molar-refractivity contribution in [3.05, 3.63) is 60.2 Å². The zero-order chi connectivity index (χ0) is 16.1. The molecule has 1 saturated heterocycles. The molecule has 23 heavy (non-hydrogen) atoms. The van der Waals surface area contributed by atoms with Crippen LogP contribution >= 0.6 is 0 Å². The molecule has 1 aromatic carbocycles. The van der Waals surface area contributed by atoms with E-state index in [-0.39, 0.29) is 11.8 Å². The first kappa shape index (κ1) is 15.4. The van der Waals surface area contributed by atoms with Gasteiger partial charge in [0.1, 0.15) is 5.82 Å². The number of anilines is 1. The van der Waals surface area contributed by atoms with Gasteiger partial charge in [-0.3, -0.25) is 9.88 Å². The van der Waals surface area contributed by atoms with Gasteiger partial charge in [-0.15, -0.1) is 0 Å². The fourth-order valence-electron chi connectivity index (χ4n) is 2.60. The zero-order valence-corrected chi connectivity index (χ0v) is 12.8. The first-order chi connectivity index (χ1) is 11.2. The van der Waals surface area contributed by atoms with E-state index in [1.807, 2.05) is 18.2 Å². The van der Waals surface area contributed by atoms with Crippen LogP contribution in [0.2, 0.25) is 0 Å². The van der Waals surface area contributed by atoms with Gasteiger partial charge in [-0.05, 0) is 30.3 Å². The van der Waals surface area contributed by atoms with Crippen molar-refractivity contribution in [1.29, 1.82) is 0 Å². The van der Waals surface area contributed by atoms with Crippen LogP contribution in [0.4, 0.5) is 14.9 Å². The van der Waals surface area contributed by atoms with E-state index in [1.54, 1.807) is 23.2 Å². The number of piperazine rings is 1. The average molecular weight is 314 g/mol. The molecule has 6 heteroatoms. The summed E-state index contributed by atoms with van der Waals surface area (Å²) < 4.78 is 13.1. The van der Waals surface area contributed by atoms with Crippen LogP contribution in [0, 0.1) is 5.82 Å². The van der Waals surface area contributed by atoms with Crippen LogP contribution in [0.15, 0.2) is 48.7 Å². The fourth-order valence-corrected chi connectivity index (χ4v) is 2.60. The van der Waals surface area contributed by atoms with E-state index < -0.39 is 0 Å². The lowest BCUT2D eigenvalue weighted by molar-refractivity contribution is 0.142. The summed E-state index contributed by atoms with van der Waals surface area (Å²) in [6, 6.07) is 11.6. The van der Waals surface area contributed by atoms with Crippen molar-refractivity contribution in [3.8, 4) is 0 Å². The summed E-state index contributed by atoms with van der Waals surface area (Å²) >= 11 is 0. The molecule has 0 unspecified atom stereocenters. The molecule has 0 atom stereocenters. The average Bonchev–Trinajstić information content (AvgIpc) is 2.56. The smallest absolute Gasteiger partial charge is 0.321 e. The lowest BCUT2D eigenvalue weighted by Crippen LogP contribution is -2.49. The molecule has 120 valence electrons. The SMILES string of the molecule is O=C(Nc1cccc(F)c1)N1CCN(Cc2ccccn2)CC1. The number of pyridine rings is 1. The lowest BCUT2D eigenvalue weighted by Gasteiger charge is -2.34. The monoisotopic (exact) mass is 314 g/mol. The number of hydrogen-bond acceptors (Lipinski definition) is 3. The Bertz CT molecular complexity index is 657. The number of hydrogen-bond donors (Lipinski definition) is 1. The van der Waals surface area contributed by atoms with Crippen molar-refractivity contribution in [2.24, 2.45) is 0 Å². The summed E-state index contributed by atoms with van der Waals surface area (Å²) in [5.74, 6) is -0.358. The quantitative estimate of drug-likeness (QED) is 0.947. The van der Waals surface area contributed by atoms with E-state index in [1.165, 1.54) is 12.1 Å². The molecule has 1 aliphatic heterocycles. The number of aromatic nitrogens is 1. The molecule has 1 aliphatic rings. The van der Waals surface area contributed by atoms with Gasteiger partial charge in [0.05, 0.1) is 5.69 Å². The summed E-state index contributed by atoms with van der Waals surface area (Å²) in [4.78, 5) is 20.5. The van der Waals surface area contributed by atoms with Crippen LogP contribution in [-0.4, -0.2) is 47.0 Å². The Hall–Kier alpha value is -2.47. The maximum Gasteiger partial charge on any atom is 0.321 e. The van der Waals surface area contributed by atoms with Gasteiger partial charge in [0.25, 0.3) is 0 Å². The maximum absolute atomic E-state index is 13.1. The van der Waals surface area contributed by atoms with Crippen LogP contribution in [0.5, 0.6) is 0 Å². The second-order valence-electron chi connectivity index (χ2n) is 5.52. The maximum atomic E-state index is 13.1. The Labute approximate surface area is 134 Å². The molecule has 0 aliphatic carbocycles. The van der Waals surface area contributed by atoms with E-state index >= 15 is 0 Å². The molecule has 0 spiro atoms. The number of halogens is 1. The van der Waals surface area contributed by atoms with E-state index in [4.69, 9.17) is 0 Å². The number of carbonyl (C=O) groups is 1. The van der Waals surface area contributed by atoms with Crippen molar-refractivity contribution in [2.75, 3.05) is 31.5 Å².